The highest BCUT2D eigenvalue weighted by Crippen LogP contribution is 2.40. The Labute approximate surface area is 122 Å². The minimum atomic E-state index is 0.295. The van der Waals surface area contributed by atoms with Crippen LogP contribution in [0.2, 0.25) is 0 Å². The van der Waals surface area contributed by atoms with Gasteiger partial charge in [-0.05, 0) is 44.8 Å². The number of hydrogen-bond donors (Lipinski definition) is 0. The number of thioether (sulfide) groups is 1. The Morgan fingerprint density at radius 1 is 1.16 bits per heavy atom. The van der Waals surface area contributed by atoms with E-state index in [4.69, 9.17) is 0 Å². The molecule has 0 aromatic carbocycles. The molecule has 2 nitrogen and oxygen atoms in total. The van der Waals surface area contributed by atoms with Gasteiger partial charge in [0.05, 0.1) is 0 Å². The molecule has 3 heteroatoms. The van der Waals surface area contributed by atoms with Crippen LogP contribution >= 0.6 is 11.8 Å². The lowest BCUT2D eigenvalue weighted by Crippen LogP contribution is -2.49. The molecule has 0 saturated carbocycles. The molecule has 2 aliphatic heterocycles. The summed E-state index contributed by atoms with van der Waals surface area (Å²) >= 11 is 2.00. The standard InChI is InChI=1S/C16H29NOS/c1-4-6-12(7-5-2)16(18)17-13-8-9-14(17)11-15(10-13)19-3/h12-15H,4-11H2,1-3H3. The van der Waals surface area contributed by atoms with Crippen LogP contribution in [0, 0.1) is 5.92 Å². The minimum Gasteiger partial charge on any atom is -0.336 e. The second kappa shape index (κ2) is 7.01. The van der Waals surface area contributed by atoms with Crippen molar-refractivity contribution in [1.29, 1.82) is 0 Å². The molecule has 1 amide bonds. The molecule has 0 spiro atoms. The summed E-state index contributed by atoms with van der Waals surface area (Å²) in [6.45, 7) is 4.40. The number of piperidine rings is 1. The van der Waals surface area contributed by atoms with Crippen molar-refractivity contribution in [1.82, 2.24) is 4.90 Å². The van der Waals surface area contributed by atoms with Crippen LogP contribution in [0.4, 0.5) is 0 Å². The molecule has 2 rings (SSSR count). The van der Waals surface area contributed by atoms with E-state index in [9.17, 15) is 4.79 Å². The van der Waals surface area contributed by atoms with Crippen LogP contribution < -0.4 is 0 Å². The van der Waals surface area contributed by atoms with Gasteiger partial charge in [-0.15, -0.1) is 0 Å². The van der Waals surface area contributed by atoms with Crippen LogP contribution in [0.1, 0.15) is 65.2 Å². The smallest absolute Gasteiger partial charge is 0.226 e. The second-order valence-electron chi connectivity index (χ2n) is 6.23. The molecular formula is C16H29NOS. The zero-order valence-electron chi connectivity index (χ0n) is 12.7. The van der Waals surface area contributed by atoms with Gasteiger partial charge >= 0.3 is 0 Å². The third-order valence-corrected chi connectivity index (χ3v) is 5.95. The molecule has 0 aromatic rings. The van der Waals surface area contributed by atoms with Crippen LogP contribution in [0.5, 0.6) is 0 Å². The summed E-state index contributed by atoms with van der Waals surface area (Å²) in [5.41, 5.74) is 0. The van der Waals surface area contributed by atoms with Crippen molar-refractivity contribution in [2.45, 2.75) is 82.5 Å². The van der Waals surface area contributed by atoms with Gasteiger partial charge in [-0.1, -0.05) is 26.7 Å². The lowest BCUT2D eigenvalue weighted by atomic mass is 9.93. The Bertz CT molecular complexity index is 287. The van der Waals surface area contributed by atoms with E-state index in [1.165, 1.54) is 25.7 Å². The maximum atomic E-state index is 12.9. The van der Waals surface area contributed by atoms with Crippen molar-refractivity contribution >= 4 is 17.7 Å². The van der Waals surface area contributed by atoms with Gasteiger partial charge < -0.3 is 4.90 Å². The summed E-state index contributed by atoms with van der Waals surface area (Å²) < 4.78 is 0. The highest BCUT2D eigenvalue weighted by atomic mass is 32.2. The summed E-state index contributed by atoms with van der Waals surface area (Å²) in [5.74, 6) is 0.777. The molecule has 2 atom stereocenters. The van der Waals surface area contributed by atoms with Gasteiger partial charge in [0.1, 0.15) is 0 Å². The van der Waals surface area contributed by atoms with E-state index < -0.39 is 0 Å². The first kappa shape index (κ1) is 15.2. The normalized spacial score (nSPS) is 30.1. The van der Waals surface area contributed by atoms with Crippen LogP contribution in [-0.4, -0.2) is 34.4 Å². The van der Waals surface area contributed by atoms with Crippen LogP contribution in [-0.2, 0) is 4.79 Å². The maximum Gasteiger partial charge on any atom is 0.226 e. The number of nitrogens with zero attached hydrogens (tertiary/aromatic N) is 1. The molecule has 110 valence electrons. The third kappa shape index (κ3) is 3.29. The van der Waals surface area contributed by atoms with Crippen molar-refractivity contribution in [3.63, 3.8) is 0 Å². The monoisotopic (exact) mass is 283 g/mol. The van der Waals surface area contributed by atoms with Gasteiger partial charge in [0, 0.05) is 23.3 Å². The molecule has 0 aliphatic carbocycles. The third-order valence-electron chi connectivity index (χ3n) is 4.90. The van der Waals surface area contributed by atoms with Gasteiger partial charge in [-0.3, -0.25) is 4.79 Å². The zero-order valence-corrected chi connectivity index (χ0v) is 13.5. The van der Waals surface area contributed by atoms with E-state index in [0.717, 1.165) is 30.9 Å². The number of amides is 1. The Hall–Kier alpha value is -0.180. The van der Waals surface area contributed by atoms with Crippen molar-refractivity contribution in [3.05, 3.63) is 0 Å². The Kier molecular flexibility index (Phi) is 5.61. The number of fused-ring (bicyclic) bond motifs is 2. The number of hydrogen-bond acceptors (Lipinski definition) is 2. The Morgan fingerprint density at radius 3 is 2.11 bits per heavy atom. The lowest BCUT2D eigenvalue weighted by molar-refractivity contribution is -0.140. The fraction of sp³-hybridized carbons (Fsp3) is 0.938. The first-order valence-electron chi connectivity index (χ1n) is 8.06. The zero-order chi connectivity index (χ0) is 13.8. The molecule has 19 heavy (non-hydrogen) atoms. The predicted molar refractivity (Wildman–Crippen MR) is 83.5 cm³/mol. The minimum absolute atomic E-state index is 0.295. The van der Waals surface area contributed by atoms with Crippen molar-refractivity contribution < 1.29 is 4.79 Å². The molecule has 2 saturated heterocycles. The van der Waals surface area contributed by atoms with E-state index in [1.807, 2.05) is 11.8 Å². The van der Waals surface area contributed by atoms with E-state index in [2.05, 4.69) is 25.0 Å². The van der Waals surface area contributed by atoms with E-state index in [1.54, 1.807) is 0 Å². The van der Waals surface area contributed by atoms with Gasteiger partial charge in [0.15, 0.2) is 0 Å². The molecule has 0 N–H and O–H groups in total. The average molecular weight is 283 g/mol. The fourth-order valence-electron chi connectivity index (χ4n) is 3.98. The van der Waals surface area contributed by atoms with Gasteiger partial charge in [0.2, 0.25) is 5.91 Å². The largest absolute Gasteiger partial charge is 0.336 e. The quantitative estimate of drug-likeness (QED) is 0.732. The highest BCUT2D eigenvalue weighted by molar-refractivity contribution is 7.99. The molecule has 2 unspecified atom stereocenters. The topological polar surface area (TPSA) is 20.3 Å². The van der Waals surface area contributed by atoms with Gasteiger partial charge in [0.25, 0.3) is 0 Å². The van der Waals surface area contributed by atoms with Crippen molar-refractivity contribution in [2.24, 2.45) is 5.92 Å². The predicted octanol–water partition coefficient (Wildman–Crippen LogP) is 4.09. The molecule has 2 bridgehead atoms. The Balaban J connectivity index is 2.03. The first-order chi connectivity index (χ1) is 9.21. The fourth-order valence-corrected chi connectivity index (χ4v) is 4.81. The summed E-state index contributed by atoms with van der Waals surface area (Å²) in [6.07, 6.45) is 11.6. The van der Waals surface area contributed by atoms with Crippen molar-refractivity contribution in [2.75, 3.05) is 6.26 Å². The molecule has 2 heterocycles. The summed E-state index contributed by atoms with van der Waals surface area (Å²) in [4.78, 5) is 15.2. The molecular weight excluding hydrogens is 254 g/mol. The lowest BCUT2D eigenvalue weighted by Gasteiger charge is -2.40. The van der Waals surface area contributed by atoms with Crippen molar-refractivity contribution in [3.8, 4) is 0 Å². The maximum absolute atomic E-state index is 12.9. The first-order valence-corrected chi connectivity index (χ1v) is 9.34. The molecule has 0 aromatic heterocycles. The highest BCUT2D eigenvalue weighted by Gasteiger charge is 2.44. The summed E-state index contributed by atoms with van der Waals surface area (Å²) in [6, 6.07) is 1.11. The van der Waals surface area contributed by atoms with E-state index >= 15 is 0 Å². The number of rotatable bonds is 6. The SMILES string of the molecule is CCCC(CCC)C(=O)N1C2CCC1CC(SC)C2. The molecule has 2 fully saturated rings. The number of carbonyl (C=O) groups is 1. The Morgan fingerprint density at radius 2 is 1.68 bits per heavy atom. The van der Waals surface area contributed by atoms with Gasteiger partial charge in [-0.25, -0.2) is 0 Å². The van der Waals surface area contributed by atoms with E-state index in [0.29, 0.717) is 23.9 Å². The second-order valence-corrected chi connectivity index (χ2v) is 7.37. The summed E-state index contributed by atoms with van der Waals surface area (Å²) in [5, 5.41) is 0.789. The average Bonchev–Trinajstić information content (AvgIpc) is 2.68. The van der Waals surface area contributed by atoms with E-state index in [-0.39, 0.29) is 0 Å². The van der Waals surface area contributed by atoms with Crippen LogP contribution in [0.3, 0.4) is 0 Å². The summed E-state index contributed by atoms with van der Waals surface area (Å²) in [7, 11) is 0. The van der Waals surface area contributed by atoms with Crippen LogP contribution in [0.25, 0.3) is 0 Å². The van der Waals surface area contributed by atoms with Crippen LogP contribution in [0.15, 0.2) is 0 Å². The molecule has 0 radical (unpaired) electrons. The van der Waals surface area contributed by atoms with Gasteiger partial charge in [-0.2, -0.15) is 11.8 Å². The number of carbonyl (C=O) groups excluding carboxylic acids is 1. The molecule has 2 aliphatic rings.